The van der Waals surface area contributed by atoms with Crippen molar-refractivity contribution in [2.75, 3.05) is 7.11 Å². The van der Waals surface area contributed by atoms with E-state index in [0.29, 0.717) is 12.3 Å². The van der Waals surface area contributed by atoms with E-state index in [1.165, 1.54) is 5.56 Å². The number of methoxy groups -OCH3 is 1. The molecule has 1 unspecified atom stereocenters. The first kappa shape index (κ1) is 13.1. The normalized spacial score (nSPS) is 20.3. The van der Waals surface area contributed by atoms with Crippen molar-refractivity contribution in [1.29, 1.82) is 0 Å². The molecule has 1 amide bonds. The number of carbonyl (C=O) groups is 1. The van der Waals surface area contributed by atoms with Crippen LogP contribution in [0.25, 0.3) is 0 Å². The molecule has 1 aliphatic heterocycles. The van der Waals surface area contributed by atoms with Crippen LogP contribution >= 0.6 is 0 Å². The van der Waals surface area contributed by atoms with Gasteiger partial charge in [0.05, 0.1) is 7.11 Å². The van der Waals surface area contributed by atoms with Gasteiger partial charge in [0.15, 0.2) is 8.24 Å². The second-order valence-electron chi connectivity index (χ2n) is 5.77. The third-order valence-electron chi connectivity index (χ3n) is 3.41. The summed E-state index contributed by atoms with van der Waals surface area (Å²) in [6, 6.07) is 8.33. The molecule has 1 atom stereocenters. The molecule has 1 aliphatic rings. The molecule has 3 nitrogen and oxygen atoms in total. The monoisotopic (exact) mass is 263 g/mol. The van der Waals surface area contributed by atoms with E-state index in [4.69, 9.17) is 4.74 Å². The van der Waals surface area contributed by atoms with Crippen LogP contribution in [0.1, 0.15) is 24.4 Å². The number of carbonyl (C=O) groups excluding carboxylic acids is 1. The molecule has 0 bridgehead atoms. The zero-order valence-corrected chi connectivity index (χ0v) is 12.6. The first-order valence-electron chi connectivity index (χ1n) is 6.39. The van der Waals surface area contributed by atoms with Crippen LogP contribution in [-0.4, -0.2) is 25.8 Å². The number of rotatable bonds is 3. The van der Waals surface area contributed by atoms with Crippen LogP contribution in [0.2, 0.25) is 19.6 Å². The fraction of sp³-hybridized carbons (Fsp3) is 0.500. The molecule has 0 N–H and O–H groups in total. The Hall–Kier alpha value is -1.29. The Bertz CT molecular complexity index is 453. The standard InChI is InChI=1S/C14H21NO2Si/c1-17-12-7-5-6-11(10-12)13-8-9-14(16)15(13)18(2,3)4/h5-7,10,13H,8-9H2,1-4H3. The van der Waals surface area contributed by atoms with Crippen LogP contribution in [0.5, 0.6) is 5.75 Å². The summed E-state index contributed by atoms with van der Waals surface area (Å²) in [6.07, 6.45) is 1.60. The molecule has 1 aromatic carbocycles. The predicted octanol–water partition coefficient (Wildman–Crippen LogP) is 3.19. The van der Waals surface area contributed by atoms with Crippen molar-refractivity contribution in [3.63, 3.8) is 0 Å². The van der Waals surface area contributed by atoms with Gasteiger partial charge in [0.2, 0.25) is 5.91 Å². The highest BCUT2D eigenvalue weighted by Gasteiger charge is 2.39. The molecule has 98 valence electrons. The number of amides is 1. The first-order valence-corrected chi connectivity index (χ1v) is 9.84. The van der Waals surface area contributed by atoms with E-state index in [2.05, 4.69) is 36.3 Å². The number of hydrogen-bond acceptors (Lipinski definition) is 2. The van der Waals surface area contributed by atoms with Crippen molar-refractivity contribution in [1.82, 2.24) is 4.57 Å². The Morgan fingerprint density at radius 1 is 1.33 bits per heavy atom. The van der Waals surface area contributed by atoms with Gasteiger partial charge in [-0.1, -0.05) is 31.8 Å². The quantitative estimate of drug-likeness (QED) is 0.784. The molecule has 0 radical (unpaired) electrons. The summed E-state index contributed by atoms with van der Waals surface area (Å²) in [5.74, 6) is 1.17. The molecule has 0 aromatic heterocycles. The third-order valence-corrected chi connectivity index (χ3v) is 5.42. The summed E-state index contributed by atoms with van der Waals surface area (Å²) >= 11 is 0. The highest BCUT2D eigenvalue weighted by atomic mass is 28.3. The Kier molecular flexibility index (Phi) is 3.48. The van der Waals surface area contributed by atoms with Crippen molar-refractivity contribution in [3.05, 3.63) is 29.8 Å². The zero-order valence-electron chi connectivity index (χ0n) is 11.6. The van der Waals surface area contributed by atoms with Gasteiger partial charge in [-0.15, -0.1) is 0 Å². The van der Waals surface area contributed by atoms with Crippen molar-refractivity contribution in [3.8, 4) is 5.75 Å². The van der Waals surface area contributed by atoms with E-state index < -0.39 is 8.24 Å². The van der Waals surface area contributed by atoms with Crippen LogP contribution in [0.4, 0.5) is 0 Å². The molecule has 0 spiro atoms. The number of benzene rings is 1. The minimum Gasteiger partial charge on any atom is -0.497 e. The van der Waals surface area contributed by atoms with Gasteiger partial charge in [-0.2, -0.15) is 0 Å². The zero-order chi connectivity index (χ0) is 13.3. The minimum atomic E-state index is -1.62. The van der Waals surface area contributed by atoms with E-state index in [1.807, 2.05) is 12.1 Å². The van der Waals surface area contributed by atoms with Gasteiger partial charge in [0, 0.05) is 12.5 Å². The SMILES string of the molecule is COc1cccc(C2CCC(=O)N2[Si](C)(C)C)c1. The molecule has 1 saturated heterocycles. The summed E-state index contributed by atoms with van der Waals surface area (Å²) in [7, 11) is 0.0581. The topological polar surface area (TPSA) is 29.5 Å². The molecule has 18 heavy (non-hydrogen) atoms. The Labute approximate surface area is 110 Å². The van der Waals surface area contributed by atoms with Gasteiger partial charge >= 0.3 is 0 Å². The molecule has 0 aliphatic carbocycles. The summed E-state index contributed by atoms with van der Waals surface area (Å²) in [5, 5.41) is 0. The molecular weight excluding hydrogens is 242 g/mol. The molecule has 4 heteroatoms. The maximum atomic E-state index is 12.1. The smallest absolute Gasteiger partial charge is 0.215 e. The lowest BCUT2D eigenvalue weighted by molar-refractivity contribution is -0.125. The largest absolute Gasteiger partial charge is 0.497 e. The number of hydrogen-bond donors (Lipinski definition) is 0. The molecular formula is C14H21NO2Si. The van der Waals surface area contributed by atoms with Gasteiger partial charge in [0.1, 0.15) is 5.75 Å². The van der Waals surface area contributed by atoms with Gasteiger partial charge in [0.25, 0.3) is 0 Å². The van der Waals surface area contributed by atoms with E-state index in [1.54, 1.807) is 7.11 Å². The van der Waals surface area contributed by atoms with Crippen molar-refractivity contribution in [2.45, 2.75) is 38.5 Å². The predicted molar refractivity (Wildman–Crippen MR) is 75.2 cm³/mol. The highest BCUT2D eigenvalue weighted by Crippen LogP contribution is 2.37. The fourth-order valence-corrected chi connectivity index (χ4v) is 4.76. The summed E-state index contributed by atoms with van der Waals surface area (Å²) < 4.78 is 7.41. The van der Waals surface area contributed by atoms with Gasteiger partial charge in [-0.3, -0.25) is 4.79 Å². The summed E-state index contributed by atoms with van der Waals surface area (Å²) in [4.78, 5) is 12.1. The van der Waals surface area contributed by atoms with Gasteiger partial charge in [-0.25, -0.2) is 0 Å². The molecule has 0 saturated carbocycles. The lowest BCUT2D eigenvalue weighted by atomic mass is 10.1. The Morgan fingerprint density at radius 3 is 2.67 bits per heavy atom. The van der Waals surface area contributed by atoms with E-state index in [-0.39, 0.29) is 6.04 Å². The van der Waals surface area contributed by atoms with Crippen molar-refractivity contribution < 1.29 is 9.53 Å². The van der Waals surface area contributed by atoms with Gasteiger partial charge < -0.3 is 9.30 Å². The Balaban J connectivity index is 2.34. The van der Waals surface area contributed by atoms with Crippen LogP contribution in [0, 0.1) is 0 Å². The average molecular weight is 263 g/mol. The van der Waals surface area contributed by atoms with Crippen molar-refractivity contribution >= 4 is 14.1 Å². The first-order chi connectivity index (χ1) is 8.43. The second-order valence-corrected chi connectivity index (χ2v) is 10.6. The van der Waals surface area contributed by atoms with Crippen LogP contribution in [-0.2, 0) is 4.79 Å². The van der Waals surface area contributed by atoms with E-state index in [0.717, 1.165) is 12.2 Å². The number of ether oxygens (including phenoxy) is 1. The summed E-state index contributed by atoms with van der Waals surface area (Å²) in [6.45, 7) is 6.68. The lowest BCUT2D eigenvalue weighted by Gasteiger charge is -2.36. The van der Waals surface area contributed by atoms with E-state index in [9.17, 15) is 4.79 Å². The average Bonchev–Trinajstić information content (AvgIpc) is 2.71. The van der Waals surface area contributed by atoms with Crippen LogP contribution in [0.15, 0.2) is 24.3 Å². The molecule has 1 aromatic rings. The van der Waals surface area contributed by atoms with Crippen molar-refractivity contribution in [2.24, 2.45) is 0 Å². The third kappa shape index (κ3) is 2.43. The van der Waals surface area contributed by atoms with Gasteiger partial charge in [-0.05, 0) is 24.1 Å². The maximum absolute atomic E-state index is 12.1. The molecule has 1 fully saturated rings. The van der Waals surface area contributed by atoms with E-state index >= 15 is 0 Å². The van der Waals surface area contributed by atoms with Crippen LogP contribution < -0.4 is 4.74 Å². The minimum absolute atomic E-state index is 0.235. The fourth-order valence-electron chi connectivity index (χ4n) is 2.69. The molecule has 2 rings (SSSR count). The summed E-state index contributed by atoms with van der Waals surface area (Å²) in [5.41, 5.74) is 1.20. The molecule has 1 heterocycles. The highest BCUT2D eigenvalue weighted by molar-refractivity contribution is 6.75. The lowest BCUT2D eigenvalue weighted by Crippen LogP contribution is -2.47. The number of nitrogens with zero attached hydrogens (tertiary/aromatic N) is 1. The maximum Gasteiger partial charge on any atom is 0.215 e. The van der Waals surface area contributed by atoms with Crippen LogP contribution in [0.3, 0.4) is 0 Å². The Morgan fingerprint density at radius 2 is 2.06 bits per heavy atom. The second kappa shape index (κ2) is 4.76.